The summed E-state index contributed by atoms with van der Waals surface area (Å²) in [5.41, 5.74) is 4.22. The fourth-order valence-corrected chi connectivity index (χ4v) is 4.66. The highest BCUT2D eigenvalue weighted by Gasteiger charge is 2.43. The number of ether oxygens (including phenoxy) is 2. The van der Waals surface area contributed by atoms with Crippen LogP contribution in [0.2, 0.25) is 0 Å². The van der Waals surface area contributed by atoms with Gasteiger partial charge < -0.3 is 18.9 Å². The molecule has 1 spiro atoms. The molecule has 156 valence electrons. The van der Waals surface area contributed by atoms with Crippen LogP contribution in [0, 0.1) is 6.92 Å². The lowest BCUT2D eigenvalue weighted by molar-refractivity contribution is -0.0804. The number of methoxy groups -OCH3 is 1. The molecule has 0 radical (unpaired) electrons. The number of rotatable bonds is 2. The number of carbonyl (C=O) groups excluding carboxylic acids is 1. The summed E-state index contributed by atoms with van der Waals surface area (Å²) in [5, 5.41) is 0. The molecule has 0 N–H and O–H groups in total. The van der Waals surface area contributed by atoms with Crippen molar-refractivity contribution in [3.63, 3.8) is 0 Å². The quantitative estimate of drug-likeness (QED) is 0.604. The molecule has 3 aromatic rings. The van der Waals surface area contributed by atoms with E-state index in [1.165, 1.54) is 12.7 Å². The number of aromatic nitrogens is 4. The number of anilines is 1. The Morgan fingerprint density at radius 1 is 1.23 bits per heavy atom. The Bertz CT molecular complexity index is 1130. The first-order valence-electron chi connectivity index (χ1n) is 10.3. The van der Waals surface area contributed by atoms with E-state index in [4.69, 9.17) is 19.4 Å². The molecule has 0 bridgehead atoms. The van der Waals surface area contributed by atoms with Crippen LogP contribution < -0.4 is 4.90 Å². The molecule has 0 atom stereocenters. The van der Waals surface area contributed by atoms with Gasteiger partial charge in [-0.2, -0.15) is 0 Å². The number of aryl methyl sites for hydroxylation is 2. The number of benzene rings is 1. The van der Waals surface area contributed by atoms with Gasteiger partial charge in [0.15, 0.2) is 0 Å². The summed E-state index contributed by atoms with van der Waals surface area (Å²) >= 11 is 0. The predicted molar refractivity (Wildman–Crippen MR) is 112 cm³/mol. The van der Waals surface area contributed by atoms with Crippen LogP contribution >= 0.6 is 0 Å². The van der Waals surface area contributed by atoms with Crippen molar-refractivity contribution in [3.8, 4) is 0 Å². The highest BCUT2D eigenvalue weighted by Crippen LogP contribution is 2.41. The second kappa shape index (κ2) is 7.05. The molecule has 8 heteroatoms. The van der Waals surface area contributed by atoms with Crippen molar-refractivity contribution in [2.45, 2.75) is 31.8 Å². The first-order valence-corrected chi connectivity index (χ1v) is 10.3. The molecule has 0 saturated carbocycles. The van der Waals surface area contributed by atoms with Crippen molar-refractivity contribution in [2.75, 3.05) is 31.7 Å². The van der Waals surface area contributed by atoms with E-state index in [0.717, 1.165) is 60.9 Å². The highest BCUT2D eigenvalue weighted by atomic mass is 16.5. The van der Waals surface area contributed by atoms with Gasteiger partial charge in [-0.15, -0.1) is 0 Å². The molecular formula is C22H25N5O3. The zero-order valence-electron chi connectivity index (χ0n) is 17.5. The van der Waals surface area contributed by atoms with Crippen LogP contribution in [0.25, 0.3) is 11.0 Å². The second-order valence-electron chi connectivity index (χ2n) is 8.04. The minimum Gasteiger partial charge on any atom is -0.465 e. The Hall–Kier alpha value is -3.00. The van der Waals surface area contributed by atoms with E-state index in [1.807, 2.05) is 26.2 Å². The van der Waals surface area contributed by atoms with Gasteiger partial charge in [0.2, 0.25) is 5.95 Å². The molecular weight excluding hydrogens is 382 g/mol. The SMILES string of the molecule is COC(=O)c1ccc2c(c1)nc(N1CCC3(CC1)OCCc1cnc(C)nc13)n2C. The number of hydrogen-bond acceptors (Lipinski definition) is 7. The molecule has 1 fully saturated rings. The molecule has 0 aliphatic carbocycles. The topological polar surface area (TPSA) is 82.4 Å². The lowest BCUT2D eigenvalue weighted by Gasteiger charge is -2.44. The zero-order valence-corrected chi connectivity index (χ0v) is 17.5. The number of imidazole rings is 1. The lowest BCUT2D eigenvalue weighted by Crippen LogP contribution is -2.48. The Labute approximate surface area is 174 Å². The van der Waals surface area contributed by atoms with Gasteiger partial charge in [-0.05, 0) is 49.9 Å². The summed E-state index contributed by atoms with van der Waals surface area (Å²) in [4.78, 5) is 28.1. The van der Waals surface area contributed by atoms with Gasteiger partial charge >= 0.3 is 5.97 Å². The van der Waals surface area contributed by atoms with Gasteiger partial charge in [-0.25, -0.2) is 19.7 Å². The molecule has 1 saturated heterocycles. The van der Waals surface area contributed by atoms with Crippen molar-refractivity contribution < 1.29 is 14.3 Å². The highest BCUT2D eigenvalue weighted by molar-refractivity contribution is 5.94. The third-order valence-electron chi connectivity index (χ3n) is 6.30. The lowest BCUT2D eigenvalue weighted by atomic mass is 9.83. The van der Waals surface area contributed by atoms with Gasteiger partial charge in [0, 0.05) is 26.3 Å². The van der Waals surface area contributed by atoms with Crippen LogP contribution in [-0.2, 0) is 28.5 Å². The molecule has 0 amide bonds. The predicted octanol–water partition coefficient (Wildman–Crippen LogP) is 2.53. The van der Waals surface area contributed by atoms with Crippen molar-refractivity contribution in [2.24, 2.45) is 7.05 Å². The summed E-state index contributed by atoms with van der Waals surface area (Å²) in [6, 6.07) is 5.49. The van der Waals surface area contributed by atoms with Crippen LogP contribution in [0.4, 0.5) is 5.95 Å². The maximum atomic E-state index is 11.9. The van der Waals surface area contributed by atoms with Crippen molar-refractivity contribution in [1.82, 2.24) is 19.5 Å². The van der Waals surface area contributed by atoms with Gasteiger partial charge in [-0.1, -0.05) is 0 Å². The number of carbonyl (C=O) groups is 1. The van der Waals surface area contributed by atoms with E-state index in [2.05, 4.69) is 14.5 Å². The zero-order chi connectivity index (χ0) is 20.9. The van der Waals surface area contributed by atoms with E-state index in [9.17, 15) is 4.79 Å². The number of esters is 1. The summed E-state index contributed by atoms with van der Waals surface area (Å²) in [6.07, 6.45) is 4.53. The third-order valence-corrected chi connectivity index (χ3v) is 6.30. The molecule has 4 heterocycles. The van der Waals surface area contributed by atoms with Crippen LogP contribution in [0.3, 0.4) is 0 Å². The van der Waals surface area contributed by atoms with E-state index < -0.39 is 0 Å². The number of fused-ring (bicyclic) bond motifs is 3. The van der Waals surface area contributed by atoms with E-state index in [1.54, 1.807) is 12.1 Å². The molecule has 30 heavy (non-hydrogen) atoms. The van der Waals surface area contributed by atoms with Gasteiger partial charge in [0.05, 0.1) is 36.0 Å². The third kappa shape index (κ3) is 2.94. The molecule has 2 aliphatic rings. The molecule has 2 aromatic heterocycles. The fourth-order valence-electron chi connectivity index (χ4n) is 4.66. The smallest absolute Gasteiger partial charge is 0.337 e. The van der Waals surface area contributed by atoms with Gasteiger partial charge in [0.1, 0.15) is 11.4 Å². The Morgan fingerprint density at radius 2 is 2.03 bits per heavy atom. The Morgan fingerprint density at radius 3 is 2.80 bits per heavy atom. The summed E-state index contributed by atoms with van der Waals surface area (Å²) < 4.78 is 13.2. The Balaban J connectivity index is 1.43. The number of hydrogen-bond donors (Lipinski definition) is 0. The van der Waals surface area contributed by atoms with Crippen LogP contribution in [0.15, 0.2) is 24.4 Å². The van der Waals surface area contributed by atoms with E-state index >= 15 is 0 Å². The molecule has 1 aromatic carbocycles. The molecule has 0 unspecified atom stereocenters. The molecule has 2 aliphatic heterocycles. The minimum absolute atomic E-state index is 0.333. The van der Waals surface area contributed by atoms with Gasteiger partial charge in [-0.3, -0.25) is 0 Å². The van der Waals surface area contributed by atoms with Crippen molar-refractivity contribution in [3.05, 3.63) is 47.0 Å². The number of piperidine rings is 1. The van der Waals surface area contributed by atoms with Crippen LogP contribution in [-0.4, -0.2) is 52.3 Å². The Kier molecular flexibility index (Phi) is 4.47. The first kappa shape index (κ1) is 19.0. The summed E-state index contributed by atoms with van der Waals surface area (Å²) in [7, 11) is 3.40. The van der Waals surface area contributed by atoms with Crippen molar-refractivity contribution in [1.29, 1.82) is 0 Å². The fraction of sp³-hybridized carbons (Fsp3) is 0.455. The second-order valence-corrected chi connectivity index (χ2v) is 8.04. The maximum absolute atomic E-state index is 11.9. The van der Waals surface area contributed by atoms with E-state index in [0.29, 0.717) is 12.2 Å². The van der Waals surface area contributed by atoms with Crippen LogP contribution in [0.5, 0.6) is 0 Å². The largest absolute Gasteiger partial charge is 0.465 e. The van der Waals surface area contributed by atoms with Gasteiger partial charge in [0.25, 0.3) is 0 Å². The first-order chi connectivity index (χ1) is 14.5. The maximum Gasteiger partial charge on any atom is 0.337 e. The average Bonchev–Trinajstić information content (AvgIpc) is 3.10. The molecule has 5 rings (SSSR count). The monoisotopic (exact) mass is 407 g/mol. The summed E-state index contributed by atoms with van der Waals surface area (Å²) in [6.45, 7) is 4.29. The molecule has 8 nitrogen and oxygen atoms in total. The minimum atomic E-state index is -0.352. The average molecular weight is 407 g/mol. The van der Waals surface area contributed by atoms with Crippen LogP contribution in [0.1, 0.15) is 40.3 Å². The normalized spacial score (nSPS) is 17.9. The van der Waals surface area contributed by atoms with Crippen molar-refractivity contribution >= 4 is 23.0 Å². The van der Waals surface area contributed by atoms with E-state index in [-0.39, 0.29) is 11.6 Å². The standard InChI is InChI=1S/C22H25N5O3/c1-14-23-13-16-6-11-30-22(19(16)24-14)7-9-27(10-8-22)21-25-17-12-15(20(28)29-3)4-5-18(17)26(21)2/h4-5,12-13H,6-11H2,1-3H3. The summed E-state index contributed by atoms with van der Waals surface area (Å²) in [5.74, 6) is 1.34. The number of nitrogens with zero attached hydrogens (tertiary/aromatic N) is 5.